The van der Waals surface area contributed by atoms with Gasteiger partial charge in [-0.2, -0.15) is 0 Å². The highest BCUT2D eigenvalue weighted by molar-refractivity contribution is 5.92. The number of rotatable bonds is 1. The maximum atomic E-state index is 12.3. The highest BCUT2D eigenvalue weighted by Crippen LogP contribution is 2.32. The zero-order chi connectivity index (χ0) is 12.5. The second-order valence-electron chi connectivity index (χ2n) is 5.12. The van der Waals surface area contributed by atoms with Crippen molar-refractivity contribution >= 4 is 5.91 Å². The maximum Gasteiger partial charge on any atom is 0.272 e. The number of hydrogen-bond acceptors (Lipinski definition) is 4. The Morgan fingerprint density at radius 3 is 3.22 bits per heavy atom. The Morgan fingerprint density at radius 2 is 2.44 bits per heavy atom. The van der Waals surface area contributed by atoms with Crippen LogP contribution in [0, 0.1) is 5.92 Å². The molecule has 0 bridgehead atoms. The van der Waals surface area contributed by atoms with Gasteiger partial charge in [-0.1, -0.05) is 0 Å². The van der Waals surface area contributed by atoms with Gasteiger partial charge in [-0.05, 0) is 25.8 Å². The van der Waals surface area contributed by atoms with Crippen LogP contribution in [0.25, 0.3) is 0 Å². The molecule has 1 aromatic heterocycles. The molecular weight excluding hydrogens is 230 g/mol. The van der Waals surface area contributed by atoms with Gasteiger partial charge in [0.1, 0.15) is 12.0 Å². The van der Waals surface area contributed by atoms with E-state index in [-0.39, 0.29) is 5.91 Å². The van der Waals surface area contributed by atoms with Crippen molar-refractivity contribution in [2.24, 2.45) is 5.92 Å². The summed E-state index contributed by atoms with van der Waals surface area (Å²) in [7, 11) is 0. The molecule has 2 fully saturated rings. The molecule has 3 rings (SSSR count). The lowest BCUT2D eigenvalue weighted by molar-refractivity contribution is 0.00849. The third kappa shape index (κ3) is 2.10. The molecule has 0 saturated carbocycles. The number of amides is 1. The zero-order valence-corrected chi connectivity index (χ0v) is 10.5. The van der Waals surface area contributed by atoms with Crippen LogP contribution in [0.4, 0.5) is 0 Å². The Balaban J connectivity index is 1.70. The van der Waals surface area contributed by atoms with Gasteiger partial charge < -0.3 is 9.64 Å². The first-order chi connectivity index (χ1) is 8.74. The minimum atomic E-state index is 0.00963. The summed E-state index contributed by atoms with van der Waals surface area (Å²) in [6.07, 6.45) is 5.68. The van der Waals surface area contributed by atoms with Gasteiger partial charge in [0.05, 0.1) is 12.2 Å². The van der Waals surface area contributed by atoms with E-state index in [1.807, 2.05) is 4.90 Å². The number of nitrogens with zero attached hydrogens (tertiary/aromatic N) is 3. The van der Waals surface area contributed by atoms with E-state index in [4.69, 9.17) is 4.74 Å². The lowest BCUT2D eigenvalue weighted by Crippen LogP contribution is -2.44. The van der Waals surface area contributed by atoms with E-state index < -0.39 is 0 Å². The van der Waals surface area contributed by atoms with Crippen molar-refractivity contribution in [3.05, 3.63) is 24.3 Å². The highest BCUT2D eigenvalue weighted by Gasteiger charge is 2.38. The van der Waals surface area contributed by atoms with Crippen LogP contribution in [0.2, 0.25) is 0 Å². The number of carbonyl (C=O) groups is 1. The molecule has 18 heavy (non-hydrogen) atoms. The van der Waals surface area contributed by atoms with E-state index >= 15 is 0 Å². The summed E-state index contributed by atoms with van der Waals surface area (Å²) in [5.41, 5.74) is 0.482. The van der Waals surface area contributed by atoms with E-state index in [9.17, 15) is 4.79 Å². The molecule has 0 spiro atoms. The van der Waals surface area contributed by atoms with Crippen molar-refractivity contribution in [2.45, 2.75) is 32.0 Å². The minimum Gasteiger partial charge on any atom is -0.375 e. The number of aromatic nitrogens is 2. The number of carbonyl (C=O) groups excluding carboxylic acids is 1. The van der Waals surface area contributed by atoms with Crippen molar-refractivity contribution in [3.63, 3.8) is 0 Å². The number of ether oxygens (including phenoxy) is 1. The first-order valence-electron chi connectivity index (χ1n) is 6.45. The molecule has 2 aliphatic heterocycles. The van der Waals surface area contributed by atoms with E-state index in [0.29, 0.717) is 23.8 Å². The molecule has 5 heteroatoms. The average molecular weight is 247 g/mol. The Labute approximate surface area is 106 Å². The summed E-state index contributed by atoms with van der Waals surface area (Å²) >= 11 is 0. The van der Waals surface area contributed by atoms with E-state index in [1.165, 1.54) is 6.33 Å². The maximum absolute atomic E-state index is 12.3. The van der Waals surface area contributed by atoms with Crippen molar-refractivity contribution in [1.29, 1.82) is 0 Å². The molecule has 96 valence electrons. The quantitative estimate of drug-likeness (QED) is 0.746. The fourth-order valence-electron chi connectivity index (χ4n) is 2.96. The summed E-state index contributed by atoms with van der Waals surface area (Å²) in [6.45, 7) is 3.66. The first kappa shape index (κ1) is 11.6. The standard InChI is InChI=1S/C13H17N3O2/c1-9-6-10-7-16(5-3-12(10)18-9)13(17)11-2-4-14-8-15-11/h2,4,8-10,12H,3,5-7H2,1H3/t9-,10-,12+/m1/s1. The number of likely N-dealkylation sites (tertiary alicyclic amines) is 1. The highest BCUT2D eigenvalue weighted by atomic mass is 16.5. The van der Waals surface area contributed by atoms with Crippen LogP contribution < -0.4 is 0 Å². The molecule has 0 N–H and O–H groups in total. The summed E-state index contributed by atoms with van der Waals surface area (Å²) in [5.74, 6) is 0.495. The van der Waals surface area contributed by atoms with E-state index in [0.717, 1.165) is 25.9 Å². The van der Waals surface area contributed by atoms with Gasteiger partial charge in [-0.25, -0.2) is 9.97 Å². The van der Waals surface area contributed by atoms with Crippen LogP contribution in [-0.4, -0.2) is 46.1 Å². The SMILES string of the molecule is C[C@@H]1C[C@@H]2CN(C(=O)c3ccncn3)CC[C@@H]2O1. The third-order valence-corrected chi connectivity index (χ3v) is 3.79. The van der Waals surface area contributed by atoms with Gasteiger partial charge >= 0.3 is 0 Å². The summed E-state index contributed by atoms with van der Waals surface area (Å²) < 4.78 is 5.84. The minimum absolute atomic E-state index is 0.00963. The van der Waals surface area contributed by atoms with Crippen molar-refractivity contribution in [2.75, 3.05) is 13.1 Å². The van der Waals surface area contributed by atoms with Crippen molar-refractivity contribution < 1.29 is 9.53 Å². The molecule has 3 heterocycles. The second kappa shape index (κ2) is 4.65. The zero-order valence-electron chi connectivity index (χ0n) is 10.5. The molecule has 0 radical (unpaired) electrons. The fraction of sp³-hybridized carbons (Fsp3) is 0.615. The molecule has 1 amide bonds. The van der Waals surface area contributed by atoms with Crippen LogP contribution in [0.3, 0.4) is 0 Å². The van der Waals surface area contributed by atoms with Crippen LogP contribution in [-0.2, 0) is 4.74 Å². The molecule has 5 nitrogen and oxygen atoms in total. The third-order valence-electron chi connectivity index (χ3n) is 3.79. The second-order valence-corrected chi connectivity index (χ2v) is 5.12. The van der Waals surface area contributed by atoms with E-state index in [2.05, 4.69) is 16.9 Å². The van der Waals surface area contributed by atoms with E-state index in [1.54, 1.807) is 12.3 Å². The Morgan fingerprint density at radius 1 is 1.56 bits per heavy atom. The summed E-state index contributed by atoms with van der Waals surface area (Å²) in [5, 5.41) is 0. The molecule has 0 aliphatic carbocycles. The molecule has 2 aliphatic rings. The van der Waals surface area contributed by atoms with Gasteiger partial charge in [-0.15, -0.1) is 0 Å². The number of piperidine rings is 1. The number of fused-ring (bicyclic) bond motifs is 1. The summed E-state index contributed by atoms with van der Waals surface area (Å²) in [4.78, 5) is 22.0. The van der Waals surface area contributed by atoms with Gasteiger partial charge in [0.15, 0.2) is 0 Å². The predicted octanol–water partition coefficient (Wildman–Crippen LogP) is 1.12. The smallest absolute Gasteiger partial charge is 0.272 e. The average Bonchev–Trinajstić information content (AvgIpc) is 2.78. The van der Waals surface area contributed by atoms with Gasteiger partial charge in [0.25, 0.3) is 5.91 Å². The van der Waals surface area contributed by atoms with Crippen LogP contribution in [0.1, 0.15) is 30.3 Å². The fourth-order valence-corrected chi connectivity index (χ4v) is 2.96. The van der Waals surface area contributed by atoms with Crippen LogP contribution in [0.5, 0.6) is 0 Å². The van der Waals surface area contributed by atoms with Crippen LogP contribution >= 0.6 is 0 Å². The lowest BCUT2D eigenvalue weighted by Gasteiger charge is -2.33. The van der Waals surface area contributed by atoms with Crippen molar-refractivity contribution in [3.8, 4) is 0 Å². The monoisotopic (exact) mass is 247 g/mol. The Kier molecular flexibility index (Phi) is 2.99. The van der Waals surface area contributed by atoms with Gasteiger partial charge in [0, 0.05) is 25.2 Å². The molecule has 1 aromatic rings. The topological polar surface area (TPSA) is 55.3 Å². The number of hydrogen-bond donors (Lipinski definition) is 0. The van der Waals surface area contributed by atoms with Crippen LogP contribution in [0.15, 0.2) is 18.6 Å². The first-order valence-corrected chi connectivity index (χ1v) is 6.45. The molecule has 3 atom stereocenters. The summed E-state index contributed by atoms with van der Waals surface area (Å²) in [6, 6.07) is 1.67. The lowest BCUT2D eigenvalue weighted by atomic mass is 9.93. The largest absolute Gasteiger partial charge is 0.375 e. The molecular formula is C13H17N3O2. The molecule has 0 aromatic carbocycles. The molecule has 0 unspecified atom stereocenters. The Bertz CT molecular complexity index is 437. The van der Waals surface area contributed by atoms with Gasteiger partial charge in [-0.3, -0.25) is 4.79 Å². The molecule has 2 saturated heterocycles. The van der Waals surface area contributed by atoms with Crippen molar-refractivity contribution in [1.82, 2.24) is 14.9 Å². The predicted molar refractivity (Wildman–Crippen MR) is 65.0 cm³/mol. The normalized spacial score (nSPS) is 31.2. The Hall–Kier alpha value is -1.49. The van der Waals surface area contributed by atoms with Gasteiger partial charge in [0.2, 0.25) is 0 Å².